The van der Waals surface area contributed by atoms with Gasteiger partial charge in [0.05, 0.1) is 5.56 Å². The Kier molecular flexibility index (Phi) is 4.68. The summed E-state index contributed by atoms with van der Waals surface area (Å²) in [6, 6.07) is 13.5. The zero-order valence-electron chi connectivity index (χ0n) is 11.0. The molecular formula is C15H15BrClN3. The number of nitrogens with one attached hydrogen (secondary N) is 1. The van der Waals surface area contributed by atoms with Crippen molar-refractivity contribution >= 4 is 39.1 Å². The summed E-state index contributed by atoms with van der Waals surface area (Å²) in [5, 5.41) is 8.44. The minimum Gasteiger partial charge on any atom is -0.384 e. The molecular weight excluding hydrogens is 338 g/mol. The van der Waals surface area contributed by atoms with Crippen LogP contribution < -0.4 is 10.6 Å². The molecule has 0 spiro atoms. The van der Waals surface area contributed by atoms with E-state index in [1.165, 1.54) is 0 Å². The van der Waals surface area contributed by atoms with Gasteiger partial charge < -0.3 is 10.6 Å². The van der Waals surface area contributed by atoms with Crippen molar-refractivity contribution in [2.45, 2.75) is 6.54 Å². The molecule has 0 saturated carbocycles. The minimum absolute atomic E-state index is 0.0467. The fourth-order valence-corrected chi connectivity index (χ4v) is 2.87. The van der Waals surface area contributed by atoms with E-state index in [0.717, 1.165) is 20.7 Å². The summed E-state index contributed by atoms with van der Waals surface area (Å²) < 4.78 is 0.820. The summed E-state index contributed by atoms with van der Waals surface area (Å²) in [4.78, 5) is 2.05. The maximum atomic E-state index is 7.72. The third-order valence-corrected chi connectivity index (χ3v) is 3.88. The smallest absolute Gasteiger partial charge is 0.126 e. The van der Waals surface area contributed by atoms with Gasteiger partial charge >= 0.3 is 0 Å². The van der Waals surface area contributed by atoms with E-state index in [4.69, 9.17) is 22.7 Å². The lowest BCUT2D eigenvalue weighted by Gasteiger charge is -2.23. The molecule has 20 heavy (non-hydrogen) atoms. The van der Waals surface area contributed by atoms with Crippen molar-refractivity contribution in [2.24, 2.45) is 5.73 Å². The van der Waals surface area contributed by atoms with Crippen molar-refractivity contribution in [1.82, 2.24) is 0 Å². The first-order valence-corrected chi connectivity index (χ1v) is 7.24. The Morgan fingerprint density at radius 1 is 1.30 bits per heavy atom. The highest BCUT2D eigenvalue weighted by Crippen LogP contribution is 2.28. The second-order valence-electron chi connectivity index (χ2n) is 4.53. The van der Waals surface area contributed by atoms with Gasteiger partial charge in [-0.2, -0.15) is 0 Å². The molecule has 0 aromatic heterocycles. The second kappa shape index (κ2) is 6.29. The maximum absolute atomic E-state index is 7.72. The van der Waals surface area contributed by atoms with Crippen molar-refractivity contribution in [3.05, 3.63) is 63.1 Å². The molecule has 0 aliphatic carbocycles. The molecule has 0 saturated heterocycles. The van der Waals surface area contributed by atoms with E-state index in [9.17, 15) is 0 Å². The summed E-state index contributed by atoms with van der Waals surface area (Å²) in [5.74, 6) is 0.0467. The predicted octanol–water partition coefficient (Wildman–Crippen LogP) is 4.02. The van der Waals surface area contributed by atoms with Crippen LogP contribution in [-0.2, 0) is 6.54 Å². The molecule has 0 unspecified atom stereocenters. The number of anilines is 1. The van der Waals surface area contributed by atoms with Crippen molar-refractivity contribution < 1.29 is 0 Å². The average molecular weight is 353 g/mol. The van der Waals surface area contributed by atoms with E-state index in [0.29, 0.717) is 12.1 Å². The zero-order valence-corrected chi connectivity index (χ0v) is 13.4. The summed E-state index contributed by atoms with van der Waals surface area (Å²) >= 11 is 9.45. The van der Waals surface area contributed by atoms with Gasteiger partial charge in [0, 0.05) is 28.8 Å². The normalized spacial score (nSPS) is 10.3. The van der Waals surface area contributed by atoms with Gasteiger partial charge in [-0.1, -0.05) is 29.8 Å². The molecule has 5 heteroatoms. The summed E-state index contributed by atoms with van der Waals surface area (Å²) in [6.45, 7) is 0.692. The number of rotatable bonds is 4. The monoisotopic (exact) mass is 351 g/mol. The number of halogens is 2. The zero-order chi connectivity index (χ0) is 14.7. The molecule has 3 N–H and O–H groups in total. The van der Waals surface area contributed by atoms with E-state index in [-0.39, 0.29) is 5.84 Å². The van der Waals surface area contributed by atoms with Crippen LogP contribution >= 0.6 is 27.5 Å². The third kappa shape index (κ3) is 3.32. The van der Waals surface area contributed by atoms with E-state index in [1.807, 2.05) is 54.4 Å². The lowest BCUT2D eigenvalue weighted by Crippen LogP contribution is -2.22. The highest BCUT2D eigenvalue weighted by Gasteiger charge is 2.13. The van der Waals surface area contributed by atoms with Gasteiger partial charge in [0.25, 0.3) is 0 Å². The summed E-state index contributed by atoms with van der Waals surface area (Å²) in [5.41, 5.74) is 8.40. The van der Waals surface area contributed by atoms with Crippen molar-refractivity contribution in [3.8, 4) is 0 Å². The third-order valence-electron chi connectivity index (χ3n) is 2.98. The molecule has 0 atom stereocenters. The Morgan fingerprint density at radius 3 is 2.65 bits per heavy atom. The second-order valence-corrected chi connectivity index (χ2v) is 5.82. The van der Waals surface area contributed by atoms with Crippen LogP contribution in [0.1, 0.15) is 11.1 Å². The molecule has 0 bridgehead atoms. The Hall–Kier alpha value is -1.52. The minimum atomic E-state index is 0.0467. The number of nitrogen functional groups attached to an aromatic ring is 1. The predicted molar refractivity (Wildman–Crippen MR) is 88.7 cm³/mol. The molecule has 0 aliphatic rings. The number of hydrogen-bond donors (Lipinski definition) is 2. The topological polar surface area (TPSA) is 53.1 Å². The highest BCUT2D eigenvalue weighted by molar-refractivity contribution is 9.10. The van der Waals surface area contributed by atoms with Gasteiger partial charge in [-0.25, -0.2) is 0 Å². The Labute approximate surface area is 132 Å². The van der Waals surface area contributed by atoms with Crippen molar-refractivity contribution in [2.75, 3.05) is 11.9 Å². The van der Waals surface area contributed by atoms with E-state index >= 15 is 0 Å². The van der Waals surface area contributed by atoms with Crippen molar-refractivity contribution in [3.63, 3.8) is 0 Å². The van der Waals surface area contributed by atoms with Crippen LogP contribution in [0.25, 0.3) is 0 Å². The first-order chi connectivity index (χ1) is 9.49. The fraction of sp³-hybridized carbons (Fsp3) is 0.133. The molecule has 0 fully saturated rings. The molecule has 104 valence electrons. The number of nitrogens with two attached hydrogens (primary N) is 1. The Bertz CT molecular complexity index is 643. The summed E-state index contributed by atoms with van der Waals surface area (Å²) in [7, 11) is 1.97. The molecule has 0 radical (unpaired) electrons. The van der Waals surface area contributed by atoms with Crippen LogP contribution in [0.3, 0.4) is 0 Å². The van der Waals surface area contributed by atoms with Crippen LogP contribution in [0, 0.1) is 5.41 Å². The van der Waals surface area contributed by atoms with E-state index in [1.54, 1.807) is 0 Å². The van der Waals surface area contributed by atoms with Crippen LogP contribution in [0.15, 0.2) is 46.9 Å². The van der Waals surface area contributed by atoms with Crippen LogP contribution in [-0.4, -0.2) is 12.9 Å². The number of hydrogen-bond acceptors (Lipinski definition) is 2. The molecule has 0 aliphatic heterocycles. The standard InChI is InChI=1S/C15H15BrClN3/c1-20(9-10-4-2-5-11(17)8-10)13-7-3-6-12(16)14(13)15(18)19/h2-8H,9H2,1H3,(H3,18,19). The average Bonchev–Trinajstić information content (AvgIpc) is 2.37. The van der Waals surface area contributed by atoms with Crippen LogP contribution in [0.5, 0.6) is 0 Å². The number of benzene rings is 2. The molecule has 0 heterocycles. The highest BCUT2D eigenvalue weighted by atomic mass is 79.9. The van der Waals surface area contributed by atoms with Gasteiger partial charge in [-0.05, 0) is 45.8 Å². The van der Waals surface area contributed by atoms with Crippen LogP contribution in [0.2, 0.25) is 5.02 Å². The quantitative estimate of drug-likeness (QED) is 0.645. The van der Waals surface area contributed by atoms with Gasteiger partial charge in [0.2, 0.25) is 0 Å². The maximum Gasteiger partial charge on any atom is 0.126 e. The fourth-order valence-electron chi connectivity index (χ4n) is 2.09. The number of amidine groups is 1. The Morgan fingerprint density at radius 2 is 2.00 bits per heavy atom. The van der Waals surface area contributed by atoms with Gasteiger partial charge in [-0.3, -0.25) is 5.41 Å². The lowest BCUT2D eigenvalue weighted by molar-refractivity contribution is 0.920. The molecule has 0 amide bonds. The first kappa shape index (κ1) is 14.9. The number of nitrogens with zero attached hydrogens (tertiary/aromatic N) is 1. The van der Waals surface area contributed by atoms with Crippen molar-refractivity contribution in [1.29, 1.82) is 5.41 Å². The molecule has 2 rings (SSSR count). The first-order valence-electron chi connectivity index (χ1n) is 6.07. The van der Waals surface area contributed by atoms with Gasteiger partial charge in [-0.15, -0.1) is 0 Å². The van der Waals surface area contributed by atoms with E-state index in [2.05, 4.69) is 15.9 Å². The molecule has 3 nitrogen and oxygen atoms in total. The van der Waals surface area contributed by atoms with Gasteiger partial charge in [0.1, 0.15) is 5.84 Å². The molecule has 2 aromatic rings. The van der Waals surface area contributed by atoms with E-state index < -0.39 is 0 Å². The molecule has 2 aromatic carbocycles. The summed E-state index contributed by atoms with van der Waals surface area (Å²) in [6.07, 6.45) is 0. The largest absolute Gasteiger partial charge is 0.384 e. The lowest BCUT2D eigenvalue weighted by atomic mass is 10.1. The van der Waals surface area contributed by atoms with Crippen LogP contribution in [0.4, 0.5) is 5.69 Å². The SMILES string of the molecule is CN(Cc1cccc(Cl)c1)c1cccc(Br)c1C(=N)N. The Balaban J connectivity index is 2.32. The van der Waals surface area contributed by atoms with Gasteiger partial charge in [0.15, 0.2) is 0 Å².